The molecule has 2 aromatic carbocycles. The fourth-order valence-electron chi connectivity index (χ4n) is 6.38. The van der Waals surface area contributed by atoms with Crippen molar-refractivity contribution in [3.05, 3.63) is 82.5 Å². The van der Waals surface area contributed by atoms with Gasteiger partial charge in [0, 0.05) is 0 Å². The second-order valence-electron chi connectivity index (χ2n) is 16.8. The van der Waals surface area contributed by atoms with Gasteiger partial charge in [-0.25, -0.2) is 0 Å². The zero-order valence-electron chi connectivity index (χ0n) is 24.3. The molecule has 0 aliphatic heterocycles. The van der Waals surface area contributed by atoms with Gasteiger partial charge in [-0.1, -0.05) is 0 Å². The van der Waals surface area contributed by atoms with E-state index in [0.717, 1.165) is 0 Å². The molecule has 0 amide bonds. The van der Waals surface area contributed by atoms with Gasteiger partial charge in [0.1, 0.15) is 0 Å². The van der Waals surface area contributed by atoms with Gasteiger partial charge >= 0.3 is 223 Å². The number of halogens is 2. The summed E-state index contributed by atoms with van der Waals surface area (Å²) in [6.45, 7) is 20.3. The molecule has 2 aliphatic carbocycles. The molecule has 0 saturated carbocycles. The van der Waals surface area contributed by atoms with E-state index >= 15 is 0 Å². The third-order valence-corrected chi connectivity index (χ3v) is 29.3. The van der Waals surface area contributed by atoms with Gasteiger partial charge in [-0.05, 0) is 0 Å². The van der Waals surface area contributed by atoms with Gasteiger partial charge in [0.25, 0.3) is 0 Å². The van der Waals surface area contributed by atoms with Crippen LogP contribution in [0.5, 0.6) is 0 Å². The number of hydrogen-bond acceptors (Lipinski definition) is 0. The average Bonchev–Trinajstić information content (AvgIpc) is 3.29. The molecule has 0 radical (unpaired) electrons. The van der Waals surface area contributed by atoms with Crippen LogP contribution in [-0.2, 0) is 23.8 Å². The Balaban J connectivity index is 2.12. The average molecular weight is 605 g/mol. The second-order valence-corrected chi connectivity index (χ2v) is 62.4. The van der Waals surface area contributed by atoms with Crippen LogP contribution in [0.3, 0.4) is 0 Å². The Labute approximate surface area is 221 Å². The Kier molecular flexibility index (Phi) is 5.39. The molecule has 0 fully saturated rings. The predicted octanol–water partition coefficient (Wildman–Crippen LogP) is 11.3. The van der Waals surface area contributed by atoms with Gasteiger partial charge in [0.05, 0.1) is 0 Å². The first-order chi connectivity index (χ1) is 15.8. The molecule has 0 saturated heterocycles. The molecule has 3 heteroatoms. The van der Waals surface area contributed by atoms with Crippen molar-refractivity contribution in [3.63, 3.8) is 0 Å². The Hall–Kier alpha value is -0.747. The molecular weight excluding hydrogens is 558 g/mol. The van der Waals surface area contributed by atoms with E-state index in [1.165, 1.54) is 39.0 Å². The second kappa shape index (κ2) is 6.87. The summed E-state index contributed by atoms with van der Waals surface area (Å²) in [6, 6.07) is 13.9. The van der Waals surface area contributed by atoms with Crippen molar-refractivity contribution in [3.8, 4) is 11.1 Å². The molecule has 0 aromatic heterocycles. The molecule has 0 heterocycles. The number of rotatable bonds is 2. The quantitative estimate of drug-likeness (QED) is 0.320. The Morgan fingerprint density at radius 3 is 1.44 bits per heavy atom. The van der Waals surface area contributed by atoms with Gasteiger partial charge in [0.2, 0.25) is 0 Å². The zero-order chi connectivity index (χ0) is 27.4. The van der Waals surface area contributed by atoms with E-state index in [1.54, 1.807) is 0 Å². The first kappa shape index (κ1) is 28.3. The van der Waals surface area contributed by atoms with Crippen LogP contribution >= 0.6 is 17.0 Å². The van der Waals surface area contributed by atoms with E-state index in [0.29, 0.717) is 0 Å². The molecule has 4 rings (SSSR count). The first-order valence-electron chi connectivity index (χ1n) is 13.4. The third kappa shape index (κ3) is 4.44. The van der Waals surface area contributed by atoms with E-state index in [2.05, 4.69) is 126 Å². The maximum atomic E-state index is 8.27. The standard InChI is InChI=1S/C21H25.C9H13.2CH3.CH2.2ClH.Zr/c1-20(2,3)16-7-9-18-14(12-16)11-15-13-17(21(4,5)6)8-10-19(15)18;1-9(2,3)8-6-4-5-7-8;;;;;;/h7-13H,1-6H3;4-7H,1-3H3;2*1H3;1H2;2*1H;/q;;;;;;;+2/p-2. The van der Waals surface area contributed by atoms with Crippen LogP contribution < -0.4 is 0 Å². The molecular formula is C33H46Cl2Zr. The SMILES string of the molecule is [CH2]=[Zr]([CH3])([CH3])([Cl])([Cl])([CH]1C=CC(C(C)(C)C)=C1)[CH]1c2cc(C(C)(C)C)ccc2-c2ccc(C(C)(C)C)cc21. The van der Waals surface area contributed by atoms with Gasteiger partial charge in [0.15, 0.2) is 0 Å². The Bertz CT molecular complexity index is 1390. The first-order valence-corrected chi connectivity index (χ1v) is 29.3. The number of benzene rings is 2. The van der Waals surface area contributed by atoms with Crippen LogP contribution in [0.4, 0.5) is 0 Å². The summed E-state index contributed by atoms with van der Waals surface area (Å²) in [4.78, 5) is 0. The molecule has 2 aromatic rings. The van der Waals surface area contributed by atoms with Crippen molar-refractivity contribution in [2.45, 2.75) is 89.7 Å². The van der Waals surface area contributed by atoms with E-state index in [9.17, 15) is 0 Å². The zero-order valence-corrected chi connectivity index (χ0v) is 28.3. The van der Waals surface area contributed by atoms with E-state index < -0.39 is 12.9 Å². The molecule has 0 spiro atoms. The summed E-state index contributed by atoms with van der Waals surface area (Å²) < 4.78 is 9.07. The minimum absolute atomic E-state index is 0.0162. The number of hydrogen-bond donors (Lipinski definition) is 0. The van der Waals surface area contributed by atoms with Gasteiger partial charge in [-0.15, -0.1) is 0 Å². The summed E-state index contributed by atoms with van der Waals surface area (Å²) in [5, 5.41) is 0. The fraction of sp³-hybridized carbons (Fsp3) is 0.485. The van der Waals surface area contributed by atoms with E-state index in [4.69, 9.17) is 21.2 Å². The van der Waals surface area contributed by atoms with Crippen molar-refractivity contribution in [1.29, 1.82) is 0 Å². The van der Waals surface area contributed by atoms with Crippen LogP contribution in [0.2, 0.25) is 12.9 Å². The minimum atomic E-state index is -5.95. The predicted molar refractivity (Wildman–Crippen MR) is 162 cm³/mol. The van der Waals surface area contributed by atoms with Crippen LogP contribution in [-0.4, -0.2) is 4.21 Å². The number of allylic oxidation sites excluding steroid dienone is 4. The molecule has 0 nitrogen and oxygen atoms in total. The summed E-state index contributed by atoms with van der Waals surface area (Å²) >= 11 is -5.95. The van der Waals surface area contributed by atoms with Gasteiger partial charge in [-0.3, -0.25) is 0 Å². The molecule has 2 aliphatic rings. The van der Waals surface area contributed by atoms with Crippen LogP contribution in [0.25, 0.3) is 11.1 Å². The van der Waals surface area contributed by atoms with Gasteiger partial charge in [-0.2, -0.15) is 0 Å². The third-order valence-electron chi connectivity index (χ3n) is 8.97. The van der Waals surface area contributed by atoms with Crippen molar-refractivity contribution < 1.29 is 12.9 Å². The molecule has 196 valence electrons. The van der Waals surface area contributed by atoms with Crippen molar-refractivity contribution in [2.75, 3.05) is 0 Å². The van der Waals surface area contributed by atoms with Gasteiger partial charge < -0.3 is 0 Å². The molecule has 0 bridgehead atoms. The normalized spacial score (nSPS) is 21.8. The molecule has 0 N–H and O–H groups in total. The molecule has 36 heavy (non-hydrogen) atoms. The van der Waals surface area contributed by atoms with Crippen LogP contribution in [0, 0.1) is 5.41 Å². The summed E-state index contributed by atoms with van der Waals surface area (Å²) in [5.41, 5.74) is 8.89. The van der Waals surface area contributed by atoms with Crippen molar-refractivity contribution in [1.82, 2.24) is 0 Å². The number of fused-ring (bicyclic) bond motifs is 3. The fourth-order valence-corrected chi connectivity index (χ4v) is 23.3. The topological polar surface area (TPSA) is 0 Å². The Morgan fingerprint density at radius 1 is 0.694 bits per heavy atom. The summed E-state index contributed by atoms with van der Waals surface area (Å²) in [5.74, 6) is 0. The maximum absolute atomic E-state index is 8.27. The van der Waals surface area contributed by atoms with Crippen molar-refractivity contribution >= 4 is 21.2 Å². The monoisotopic (exact) mass is 602 g/mol. The van der Waals surface area contributed by atoms with E-state index in [-0.39, 0.29) is 23.5 Å². The molecule has 1 unspecified atom stereocenters. The molecule has 1 atom stereocenters. The Morgan fingerprint density at radius 2 is 1.11 bits per heavy atom. The van der Waals surface area contributed by atoms with Crippen LogP contribution in [0.15, 0.2) is 60.2 Å². The van der Waals surface area contributed by atoms with Crippen molar-refractivity contribution in [2.24, 2.45) is 5.41 Å². The van der Waals surface area contributed by atoms with Crippen LogP contribution in [0.1, 0.15) is 88.2 Å². The summed E-state index contributed by atoms with van der Waals surface area (Å²) in [6.07, 6.45) is 6.80. The van der Waals surface area contributed by atoms with E-state index in [1.807, 2.05) is 0 Å². The summed E-state index contributed by atoms with van der Waals surface area (Å²) in [7, 11) is 16.5.